The number of rotatable bonds is 5. The summed E-state index contributed by atoms with van der Waals surface area (Å²) in [6.07, 6.45) is 0.884. The molecular weight excluding hydrogens is 348 g/mol. The van der Waals surface area contributed by atoms with Gasteiger partial charge >= 0.3 is 0 Å². The summed E-state index contributed by atoms with van der Waals surface area (Å²) in [6.45, 7) is 4.07. The molecule has 142 valence electrons. The Labute approximate surface area is 157 Å². The van der Waals surface area contributed by atoms with Crippen LogP contribution >= 0.6 is 0 Å². The minimum atomic E-state index is -0.325. The minimum absolute atomic E-state index is 0.156. The lowest BCUT2D eigenvalue weighted by molar-refractivity contribution is -0.140. The van der Waals surface area contributed by atoms with Crippen molar-refractivity contribution >= 4 is 17.7 Å². The molecule has 1 aliphatic heterocycles. The third kappa shape index (κ3) is 4.16. The van der Waals surface area contributed by atoms with Gasteiger partial charge < -0.3 is 9.84 Å². The molecular formula is C19H22N4O4. The van der Waals surface area contributed by atoms with E-state index in [1.165, 1.54) is 10.0 Å². The second-order valence-corrected chi connectivity index (χ2v) is 6.44. The molecule has 1 aromatic heterocycles. The van der Waals surface area contributed by atoms with Crippen LogP contribution in [0.5, 0.6) is 0 Å². The van der Waals surface area contributed by atoms with E-state index < -0.39 is 0 Å². The monoisotopic (exact) mass is 370 g/mol. The van der Waals surface area contributed by atoms with Gasteiger partial charge in [0.25, 0.3) is 11.8 Å². The summed E-state index contributed by atoms with van der Waals surface area (Å²) in [6, 6.07) is 9.30. The van der Waals surface area contributed by atoms with Crippen molar-refractivity contribution in [1.29, 1.82) is 0 Å². The Balaban J connectivity index is 1.59. The summed E-state index contributed by atoms with van der Waals surface area (Å²) in [4.78, 5) is 37.4. The van der Waals surface area contributed by atoms with Crippen molar-refractivity contribution in [3.05, 3.63) is 52.9 Å². The van der Waals surface area contributed by atoms with Gasteiger partial charge in [0.05, 0.1) is 18.7 Å². The third-order valence-corrected chi connectivity index (χ3v) is 4.45. The van der Waals surface area contributed by atoms with Gasteiger partial charge in [-0.05, 0) is 25.8 Å². The van der Waals surface area contributed by atoms with Crippen LogP contribution in [0.1, 0.15) is 33.8 Å². The van der Waals surface area contributed by atoms with Crippen LogP contribution in [0.25, 0.3) is 0 Å². The van der Waals surface area contributed by atoms with Gasteiger partial charge in [-0.3, -0.25) is 14.4 Å². The number of nitrogens with zero attached hydrogens (tertiary/aromatic N) is 3. The van der Waals surface area contributed by atoms with Crippen molar-refractivity contribution in [1.82, 2.24) is 20.5 Å². The Bertz CT molecular complexity index is 827. The highest BCUT2D eigenvalue weighted by atomic mass is 16.5. The smallest absolute Gasteiger partial charge is 0.277 e. The lowest BCUT2D eigenvalue weighted by atomic mass is 10.1. The molecule has 1 aromatic carbocycles. The fraction of sp³-hybridized carbons (Fsp3) is 0.368. The van der Waals surface area contributed by atoms with Gasteiger partial charge in [0.15, 0.2) is 0 Å². The predicted molar refractivity (Wildman–Crippen MR) is 96.5 cm³/mol. The molecule has 3 amide bonds. The minimum Gasteiger partial charge on any atom is -0.361 e. The van der Waals surface area contributed by atoms with Gasteiger partial charge in [0, 0.05) is 13.1 Å². The van der Waals surface area contributed by atoms with E-state index in [-0.39, 0.29) is 30.7 Å². The normalized spacial score (nSPS) is 13.7. The van der Waals surface area contributed by atoms with Crippen molar-refractivity contribution in [3.63, 3.8) is 0 Å². The summed E-state index contributed by atoms with van der Waals surface area (Å²) >= 11 is 0. The van der Waals surface area contributed by atoms with E-state index in [1.807, 2.05) is 30.3 Å². The van der Waals surface area contributed by atoms with Crippen molar-refractivity contribution in [2.75, 3.05) is 19.6 Å². The molecule has 3 rings (SSSR count). The fourth-order valence-electron chi connectivity index (χ4n) is 3.11. The van der Waals surface area contributed by atoms with Gasteiger partial charge in [0.1, 0.15) is 11.3 Å². The number of amides is 3. The molecule has 2 aromatic rings. The molecule has 0 bridgehead atoms. The molecule has 1 saturated heterocycles. The Morgan fingerprint density at radius 1 is 1.11 bits per heavy atom. The van der Waals surface area contributed by atoms with Crippen LogP contribution in [-0.2, 0) is 16.0 Å². The second kappa shape index (κ2) is 8.03. The number of hydrogen-bond donors (Lipinski definition) is 1. The number of nitrogens with one attached hydrogen (secondary N) is 1. The van der Waals surface area contributed by atoms with Gasteiger partial charge in [-0.15, -0.1) is 0 Å². The molecule has 8 nitrogen and oxygen atoms in total. The maximum Gasteiger partial charge on any atom is 0.277 e. The zero-order chi connectivity index (χ0) is 19.4. The van der Waals surface area contributed by atoms with E-state index in [2.05, 4.69) is 10.5 Å². The van der Waals surface area contributed by atoms with Crippen molar-refractivity contribution in [2.45, 2.75) is 26.7 Å². The molecule has 0 saturated carbocycles. The van der Waals surface area contributed by atoms with Crippen LogP contribution in [0, 0.1) is 13.8 Å². The highest BCUT2D eigenvalue weighted by molar-refractivity contribution is 5.97. The van der Waals surface area contributed by atoms with Crippen LogP contribution in [0.4, 0.5) is 0 Å². The van der Waals surface area contributed by atoms with Crippen molar-refractivity contribution in [2.24, 2.45) is 0 Å². The van der Waals surface area contributed by atoms with Crippen LogP contribution in [0.2, 0.25) is 0 Å². The largest absolute Gasteiger partial charge is 0.361 e. The number of hydrogen-bond acceptors (Lipinski definition) is 5. The molecule has 0 unspecified atom stereocenters. The molecule has 0 radical (unpaired) electrons. The number of carbonyl (C=O) groups excluding carboxylic acids is 3. The summed E-state index contributed by atoms with van der Waals surface area (Å²) < 4.78 is 5.05. The number of hydrazine groups is 1. The average Bonchev–Trinajstić information content (AvgIpc) is 3.27. The molecule has 1 fully saturated rings. The summed E-state index contributed by atoms with van der Waals surface area (Å²) in [5.74, 6) is -0.452. The van der Waals surface area contributed by atoms with E-state index in [1.54, 1.807) is 13.8 Å². The van der Waals surface area contributed by atoms with Gasteiger partial charge in [0.2, 0.25) is 5.91 Å². The highest BCUT2D eigenvalue weighted by Crippen LogP contribution is 2.20. The second-order valence-electron chi connectivity index (χ2n) is 6.44. The van der Waals surface area contributed by atoms with Crippen molar-refractivity contribution < 1.29 is 18.9 Å². The van der Waals surface area contributed by atoms with E-state index in [4.69, 9.17) is 4.52 Å². The van der Waals surface area contributed by atoms with Crippen LogP contribution in [0.3, 0.4) is 0 Å². The molecule has 1 N–H and O–H groups in total. The zero-order valence-corrected chi connectivity index (χ0v) is 15.4. The van der Waals surface area contributed by atoms with Crippen LogP contribution < -0.4 is 5.32 Å². The number of benzene rings is 1. The standard InChI is InChI=1S/C19H22N4O4/c1-13-18(14(2)27-21-13)19(26)23-10-6-9-22(23)17(25)12-20-16(24)11-15-7-4-3-5-8-15/h3-5,7-8H,6,9-12H2,1-2H3,(H,20,24). The van der Waals surface area contributed by atoms with Gasteiger partial charge in [-0.1, -0.05) is 35.5 Å². The fourth-order valence-corrected chi connectivity index (χ4v) is 3.11. The first-order valence-corrected chi connectivity index (χ1v) is 8.83. The molecule has 27 heavy (non-hydrogen) atoms. The van der Waals surface area contributed by atoms with Crippen molar-refractivity contribution in [3.8, 4) is 0 Å². The maximum atomic E-state index is 12.8. The quantitative estimate of drug-likeness (QED) is 0.854. The molecule has 2 heterocycles. The number of aryl methyl sites for hydroxylation is 2. The average molecular weight is 370 g/mol. The Hall–Kier alpha value is -3.16. The molecule has 0 spiro atoms. The van der Waals surface area contributed by atoms with E-state index >= 15 is 0 Å². The Morgan fingerprint density at radius 3 is 2.48 bits per heavy atom. The topological polar surface area (TPSA) is 95.8 Å². The Morgan fingerprint density at radius 2 is 1.81 bits per heavy atom. The van der Waals surface area contributed by atoms with Gasteiger partial charge in [-0.2, -0.15) is 0 Å². The van der Waals surface area contributed by atoms with Gasteiger partial charge in [-0.25, -0.2) is 10.0 Å². The summed E-state index contributed by atoms with van der Waals surface area (Å²) in [7, 11) is 0. The van der Waals surface area contributed by atoms with Crippen LogP contribution in [-0.4, -0.2) is 52.5 Å². The number of carbonyl (C=O) groups is 3. The maximum absolute atomic E-state index is 12.8. The first-order valence-electron chi connectivity index (χ1n) is 8.83. The Kier molecular flexibility index (Phi) is 5.54. The highest BCUT2D eigenvalue weighted by Gasteiger charge is 2.33. The van der Waals surface area contributed by atoms with E-state index in [0.29, 0.717) is 36.5 Å². The summed E-state index contributed by atoms with van der Waals surface area (Å²) in [5.41, 5.74) is 1.75. The SMILES string of the molecule is Cc1noc(C)c1C(=O)N1CCCN1C(=O)CNC(=O)Cc1ccccc1. The molecule has 0 aliphatic carbocycles. The zero-order valence-electron chi connectivity index (χ0n) is 15.4. The van der Waals surface area contributed by atoms with E-state index in [9.17, 15) is 14.4 Å². The molecule has 0 atom stereocenters. The first-order chi connectivity index (χ1) is 13.0. The number of aromatic nitrogens is 1. The molecule has 1 aliphatic rings. The first kappa shape index (κ1) is 18.6. The molecule has 8 heteroatoms. The predicted octanol–water partition coefficient (Wildman–Crippen LogP) is 1.24. The lowest BCUT2D eigenvalue weighted by Gasteiger charge is -2.27. The lowest BCUT2D eigenvalue weighted by Crippen LogP contribution is -2.48. The van der Waals surface area contributed by atoms with Crippen LogP contribution in [0.15, 0.2) is 34.9 Å². The van der Waals surface area contributed by atoms with E-state index in [0.717, 1.165) is 5.56 Å². The summed E-state index contributed by atoms with van der Waals surface area (Å²) in [5, 5.41) is 9.21. The third-order valence-electron chi connectivity index (χ3n) is 4.45.